The molecule has 0 spiro atoms. The zero-order chi connectivity index (χ0) is 24.5. The van der Waals surface area contributed by atoms with Gasteiger partial charge in [-0.1, -0.05) is 41.4 Å². The molecule has 6 nitrogen and oxygen atoms in total. The van der Waals surface area contributed by atoms with Crippen molar-refractivity contribution < 1.29 is 22.3 Å². The normalized spacial score (nSPS) is 14.5. The van der Waals surface area contributed by atoms with Crippen LogP contribution in [-0.2, 0) is 9.84 Å². The van der Waals surface area contributed by atoms with Gasteiger partial charge in [0.2, 0.25) is 0 Å². The van der Waals surface area contributed by atoms with Gasteiger partial charge in [0.15, 0.2) is 20.6 Å². The highest BCUT2D eigenvalue weighted by Crippen LogP contribution is 2.41. The van der Waals surface area contributed by atoms with Gasteiger partial charge in [-0.05, 0) is 54.7 Å². The molecule has 2 aromatic carbocycles. The molecule has 1 unspecified atom stereocenters. The van der Waals surface area contributed by atoms with E-state index in [0.29, 0.717) is 16.7 Å². The van der Waals surface area contributed by atoms with E-state index in [1.807, 2.05) is 18.2 Å². The van der Waals surface area contributed by atoms with E-state index in [1.165, 1.54) is 24.4 Å². The number of nitrogens with one attached hydrogen (secondary N) is 1. The van der Waals surface area contributed by atoms with Gasteiger partial charge in [-0.2, -0.15) is 0 Å². The number of amides is 1. The summed E-state index contributed by atoms with van der Waals surface area (Å²) in [6, 6.07) is 12.9. The summed E-state index contributed by atoms with van der Waals surface area (Å²) in [6.07, 6.45) is 2.78. The maximum atomic E-state index is 14.8. The molecule has 0 saturated heterocycles. The third-order valence-electron chi connectivity index (χ3n) is 5.34. The second kappa shape index (κ2) is 9.90. The lowest BCUT2D eigenvalue weighted by Crippen LogP contribution is -2.28. The molecule has 1 amide bonds. The molecule has 1 saturated carbocycles. The SMILES string of the molecule is CS(=O)(=O)c1cc(C(=O)NCC(F)c2ccc(Cl)cc2Cl)c(Oc2cccc(C3CC3)c2)cn1. The molecule has 0 bridgehead atoms. The number of ether oxygens (including phenoxy) is 1. The van der Waals surface area contributed by atoms with E-state index in [1.54, 1.807) is 6.07 Å². The van der Waals surface area contributed by atoms with E-state index in [9.17, 15) is 17.6 Å². The van der Waals surface area contributed by atoms with Crippen LogP contribution in [0.1, 0.15) is 46.4 Å². The number of halogens is 3. The Morgan fingerprint density at radius 2 is 1.97 bits per heavy atom. The van der Waals surface area contributed by atoms with E-state index in [0.717, 1.165) is 30.7 Å². The maximum Gasteiger partial charge on any atom is 0.255 e. The second-order valence-electron chi connectivity index (χ2n) is 8.08. The van der Waals surface area contributed by atoms with Crippen molar-refractivity contribution in [3.8, 4) is 11.5 Å². The lowest BCUT2D eigenvalue weighted by Gasteiger charge is -2.15. The maximum absolute atomic E-state index is 14.8. The first-order chi connectivity index (χ1) is 16.1. The Bertz CT molecular complexity index is 1350. The highest BCUT2D eigenvalue weighted by atomic mass is 35.5. The van der Waals surface area contributed by atoms with Crippen molar-refractivity contribution in [2.24, 2.45) is 0 Å². The number of rotatable bonds is 8. The predicted octanol–water partition coefficient (Wildman–Crippen LogP) is 5.90. The van der Waals surface area contributed by atoms with Crippen LogP contribution in [0.3, 0.4) is 0 Å². The molecule has 1 heterocycles. The lowest BCUT2D eigenvalue weighted by atomic mass is 10.1. The lowest BCUT2D eigenvalue weighted by molar-refractivity contribution is 0.0939. The van der Waals surface area contributed by atoms with Gasteiger partial charge in [0.1, 0.15) is 11.9 Å². The van der Waals surface area contributed by atoms with E-state index >= 15 is 0 Å². The van der Waals surface area contributed by atoms with Gasteiger partial charge >= 0.3 is 0 Å². The third-order valence-corrected chi connectivity index (χ3v) is 6.89. The average Bonchev–Trinajstić information content (AvgIpc) is 3.62. The fourth-order valence-corrected chi connectivity index (χ4v) is 4.51. The van der Waals surface area contributed by atoms with Crippen molar-refractivity contribution in [1.82, 2.24) is 10.3 Å². The quantitative estimate of drug-likeness (QED) is 0.397. The zero-order valence-corrected chi connectivity index (χ0v) is 20.4. The van der Waals surface area contributed by atoms with E-state index in [2.05, 4.69) is 10.3 Å². The first-order valence-corrected chi connectivity index (χ1v) is 13.1. The van der Waals surface area contributed by atoms with Gasteiger partial charge in [-0.25, -0.2) is 17.8 Å². The van der Waals surface area contributed by atoms with Gasteiger partial charge in [0.05, 0.1) is 18.3 Å². The molecule has 1 aromatic heterocycles. The van der Waals surface area contributed by atoms with Crippen molar-refractivity contribution >= 4 is 38.9 Å². The molecular formula is C24H21Cl2FN2O4S. The Morgan fingerprint density at radius 3 is 2.65 bits per heavy atom. The van der Waals surface area contributed by atoms with Crippen LogP contribution in [0.2, 0.25) is 10.0 Å². The van der Waals surface area contributed by atoms with Crippen molar-refractivity contribution in [1.29, 1.82) is 0 Å². The van der Waals surface area contributed by atoms with Crippen LogP contribution < -0.4 is 10.1 Å². The van der Waals surface area contributed by atoms with Crippen LogP contribution >= 0.6 is 23.2 Å². The standard InChI is InChI=1S/C24H21Cl2FN2O4S/c1-34(31,32)23-11-19(24(30)29-12-21(27)18-8-7-16(25)10-20(18)26)22(13-28-23)33-17-4-2-3-15(9-17)14-5-6-14/h2-4,7-11,13-14,21H,5-6,12H2,1H3,(H,29,30). The molecule has 34 heavy (non-hydrogen) atoms. The molecule has 0 aliphatic heterocycles. The van der Waals surface area contributed by atoms with Crippen molar-refractivity contribution in [2.75, 3.05) is 12.8 Å². The van der Waals surface area contributed by atoms with E-state index in [4.69, 9.17) is 27.9 Å². The Balaban J connectivity index is 1.57. The van der Waals surface area contributed by atoms with Crippen LogP contribution in [0.5, 0.6) is 11.5 Å². The van der Waals surface area contributed by atoms with Gasteiger partial charge in [-0.3, -0.25) is 4.79 Å². The highest BCUT2D eigenvalue weighted by molar-refractivity contribution is 7.90. The highest BCUT2D eigenvalue weighted by Gasteiger charge is 2.25. The number of sulfone groups is 1. The number of carbonyl (C=O) groups is 1. The average molecular weight is 523 g/mol. The summed E-state index contributed by atoms with van der Waals surface area (Å²) >= 11 is 11.9. The Kier molecular flexibility index (Phi) is 7.12. The fraction of sp³-hybridized carbons (Fsp3) is 0.250. The first kappa shape index (κ1) is 24.4. The second-order valence-corrected chi connectivity index (χ2v) is 10.9. The molecule has 3 aromatic rings. The van der Waals surface area contributed by atoms with E-state index < -0.39 is 28.5 Å². The van der Waals surface area contributed by atoms with Crippen LogP contribution in [0, 0.1) is 0 Å². The topological polar surface area (TPSA) is 85.4 Å². The first-order valence-electron chi connectivity index (χ1n) is 10.5. The molecule has 1 aliphatic rings. The number of aromatic nitrogens is 1. The summed E-state index contributed by atoms with van der Waals surface area (Å²) in [7, 11) is -3.69. The molecule has 1 atom stereocenters. The molecule has 1 aliphatic carbocycles. The number of carbonyl (C=O) groups excluding carboxylic acids is 1. The van der Waals surface area contributed by atoms with Crippen molar-refractivity contribution in [3.05, 3.63) is 81.5 Å². The van der Waals surface area contributed by atoms with Crippen molar-refractivity contribution in [2.45, 2.75) is 30.0 Å². The third kappa shape index (κ3) is 5.87. The molecule has 0 radical (unpaired) electrons. The van der Waals surface area contributed by atoms with Crippen LogP contribution in [0.15, 0.2) is 59.8 Å². The minimum Gasteiger partial charge on any atom is -0.455 e. The summed E-state index contributed by atoms with van der Waals surface area (Å²) in [5, 5.41) is 2.68. The molecule has 10 heteroatoms. The molecule has 1 fully saturated rings. The van der Waals surface area contributed by atoms with Crippen LogP contribution in [0.4, 0.5) is 4.39 Å². The largest absolute Gasteiger partial charge is 0.455 e. The summed E-state index contributed by atoms with van der Waals surface area (Å²) < 4.78 is 44.7. The van der Waals surface area contributed by atoms with Gasteiger partial charge < -0.3 is 10.1 Å². The summed E-state index contributed by atoms with van der Waals surface area (Å²) in [5.74, 6) is 0.327. The summed E-state index contributed by atoms with van der Waals surface area (Å²) in [5.41, 5.74) is 1.22. The number of nitrogens with zero attached hydrogens (tertiary/aromatic N) is 1. The number of alkyl halides is 1. The number of benzene rings is 2. The van der Waals surface area contributed by atoms with Crippen LogP contribution in [0.25, 0.3) is 0 Å². The monoisotopic (exact) mass is 522 g/mol. The fourth-order valence-electron chi connectivity index (χ4n) is 3.40. The number of pyridine rings is 1. The number of hydrogen-bond acceptors (Lipinski definition) is 5. The number of hydrogen-bond donors (Lipinski definition) is 1. The zero-order valence-electron chi connectivity index (χ0n) is 18.1. The molecule has 4 rings (SSSR count). The minimum atomic E-state index is -3.69. The molecule has 1 N–H and O–H groups in total. The van der Waals surface area contributed by atoms with Crippen molar-refractivity contribution in [3.63, 3.8) is 0 Å². The minimum absolute atomic E-state index is 0.0535. The molecular weight excluding hydrogens is 502 g/mol. The Hall–Kier alpha value is -2.68. The Morgan fingerprint density at radius 1 is 1.21 bits per heavy atom. The van der Waals surface area contributed by atoms with Gasteiger partial charge in [0, 0.05) is 21.9 Å². The summed E-state index contributed by atoms with van der Waals surface area (Å²) in [4.78, 5) is 16.9. The predicted molar refractivity (Wildman–Crippen MR) is 128 cm³/mol. The van der Waals surface area contributed by atoms with E-state index in [-0.39, 0.29) is 26.9 Å². The van der Waals surface area contributed by atoms with Crippen LogP contribution in [-0.4, -0.2) is 32.1 Å². The van der Waals surface area contributed by atoms with Gasteiger partial charge in [-0.15, -0.1) is 0 Å². The smallest absolute Gasteiger partial charge is 0.255 e. The van der Waals surface area contributed by atoms with Gasteiger partial charge in [0.25, 0.3) is 5.91 Å². The Labute approximate surface area is 207 Å². The molecule has 178 valence electrons. The summed E-state index contributed by atoms with van der Waals surface area (Å²) in [6.45, 7) is -0.396.